The Morgan fingerprint density at radius 1 is 1.12 bits per heavy atom. The largest absolute Gasteiger partial charge is 0.376 e. The summed E-state index contributed by atoms with van der Waals surface area (Å²) in [5, 5.41) is 2.22. The van der Waals surface area contributed by atoms with Gasteiger partial charge in [-0.2, -0.15) is 0 Å². The van der Waals surface area contributed by atoms with Gasteiger partial charge in [0, 0.05) is 12.0 Å². The highest BCUT2D eigenvalue weighted by Crippen LogP contribution is 2.24. The van der Waals surface area contributed by atoms with Gasteiger partial charge < -0.3 is 9.30 Å². The molecule has 1 saturated heterocycles. The van der Waals surface area contributed by atoms with E-state index in [1.807, 2.05) is 0 Å². The zero-order valence-corrected chi connectivity index (χ0v) is 16.1. The summed E-state index contributed by atoms with van der Waals surface area (Å²) < 4.78 is 8.23. The van der Waals surface area contributed by atoms with Crippen molar-refractivity contribution >= 4 is 17.0 Å². The van der Waals surface area contributed by atoms with Gasteiger partial charge in [-0.25, -0.2) is 4.99 Å². The first kappa shape index (κ1) is 17.3. The first-order valence-electron chi connectivity index (χ1n) is 9.17. The zero-order valence-electron chi connectivity index (χ0n) is 15.3. The summed E-state index contributed by atoms with van der Waals surface area (Å²) in [6.45, 7) is 5.96. The molecule has 4 heteroatoms. The van der Waals surface area contributed by atoms with Gasteiger partial charge in [-0.3, -0.25) is 0 Å². The molecule has 0 spiro atoms. The summed E-state index contributed by atoms with van der Waals surface area (Å²) in [4.78, 5) is 5.96. The van der Waals surface area contributed by atoms with Gasteiger partial charge in [0.2, 0.25) is 0 Å². The van der Waals surface area contributed by atoms with Crippen molar-refractivity contribution in [1.82, 2.24) is 4.57 Å². The van der Waals surface area contributed by atoms with E-state index in [1.54, 1.807) is 11.3 Å². The maximum Gasteiger partial charge on any atom is 0.190 e. The number of aryl methyl sites for hydroxylation is 2. The van der Waals surface area contributed by atoms with Gasteiger partial charge in [-0.05, 0) is 49.9 Å². The fourth-order valence-electron chi connectivity index (χ4n) is 3.35. The predicted molar refractivity (Wildman–Crippen MR) is 108 cm³/mol. The summed E-state index contributed by atoms with van der Waals surface area (Å²) in [5.74, 6) is 0. The van der Waals surface area contributed by atoms with Crippen molar-refractivity contribution < 1.29 is 4.74 Å². The van der Waals surface area contributed by atoms with Crippen molar-refractivity contribution in [1.29, 1.82) is 0 Å². The summed E-state index contributed by atoms with van der Waals surface area (Å²) in [7, 11) is 0. The van der Waals surface area contributed by atoms with Gasteiger partial charge in [0.25, 0.3) is 0 Å². The Bertz CT molecular complexity index is 947. The molecular weight excluding hydrogens is 340 g/mol. The molecular formula is C22H24N2OS. The fourth-order valence-corrected chi connectivity index (χ4v) is 4.29. The maximum absolute atomic E-state index is 5.90. The van der Waals surface area contributed by atoms with E-state index in [2.05, 4.69) is 72.3 Å². The van der Waals surface area contributed by atoms with E-state index < -0.39 is 0 Å². The molecule has 0 amide bonds. The molecule has 1 aliphatic heterocycles. The van der Waals surface area contributed by atoms with Gasteiger partial charge in [0.15, 0.2) is 4.80 Å². The Morgan fingerprint density at radius 3 is 2.69 bits per heavy atom. The average Bonchev–Trinajstić information content (AvgIpc) is 3.27. The van der Waals surface area contributed by atoms with E-state index in [0.717, 1.165) is 36.5 Å². The van der Waals surface area contributed by atoms with Gasteiger partial charge >= 0.3 is 0 Å². The molecule has 134 valence electrons. The predicted octanol–water partition coefficient (Wildman–Crippen LogP) is 5.24. The van der Waals surface area contributed by atoms with Crippen LogP contribution in [-0.2, 0) is 11.3 Å². The number of thiazole rings is 1. The van der Waals surface area contributed by atoms with Crippen LogP contribution in [0.1, 0.15) is 24.0 Å². The molecule has 1 unspecified atom stereocenters. The van der Waals surface area contributed by atoms with Crippen LogP contribution >= 0.6 is 11.3 Å². The summed E-state index contributed by atoms with van der Waals surface area (Å²) in [6, 6.07) is 17.1. The van der Waals surface area contributed by atoms with Crippen LogP contribution in [0.25, 0.3) is 11.3 Å². The number of hydrogen-bond donors (Lipinski definition) is 0. The van der Waals surface area contributed by atoms with Crippen LogP contribution < -0.4 is 4.80 Å². The van der Waals surface area contributed by atoms with Crippen LogP contribution in [0, 0.1) is 13.8 Å². The molecule has 4 rings (SSSR count). The van der Waals surface area contributed by atoms with E-state index in [9.17, 15) is 0 Å². The second-order valence-corrected chi connectivity index (χ2v) is 7.80. The lowest BCUT2D eigenvalue weighted by molar-refractivity contribution is 0.0968. The lowest BCUT2D eigenvalue weighted by Crippen LogP contribution is -2.24. The molecule has 0 saturated carbocycles. The van der Waals surface area contributed by atoms with E-state index in [0.29, 0.717) is 0 Å². The van der Waals surface area contributed by atoms with E-state index in [1.165, 1.54) is 22.4 Å². The number of ether oxygens (including phenoxy) is 1. The van der Waals surface area contributed by atoms with E-state index in [-0.39, 0.29) is 6.10 Å². The van der Waals surface area contributed by atoms with Crippen molar-refractivity contribution in [2.45, 2.75) is 39.3 Å². The average molecular weight is 365 g/mol. The van der Waals surface area contributed by atoms with Crippen LogP contribution in [0.2, 0.25) is 0 Å². The molecule has 26 heavy (non-hydrogen) atoms. The van der Waals surface area contributed by atoms with Crippen molar-refractivity contribution in [3.8, 4) is 11.3 Å². The monoisotopic (exact) mass is 364 g/mol. The standard InChI is InChI=1S/C22H24N2OS/c1-16-8-10-18(11-9-16)21-15-26-22(23-19-6-3-5-17(2)13-19)24(21)14-20-7-4-12-25-20/h3,5-6,8-11,13,15,20H,4,7,12,14H2,1-2H3. The maximum atomic E-state index is 5.90. The third kappa shape index (κ3) is 3.81. The minimum atomic E-state index is 0.283. The number of benzene rings is 2. The highest BCUT2D eigenvalue weighted by molar-refractivity contribution is 7.07. The van der Waals surface area contributed by atoms with E-state index in [4.69, 9.17) is 9.73 Å². The van der Waals surface area contributed by atoms with Crippen LogP contribution in [0.5, 0.6) is 0 Å². The number of nitrogens with zero attached hydrogens (tertiary/aromatic N) is 2. The first-order chi connectivity index (χ1) is 12.7. The van der Waals surface area contributed by atoms with Crippen molar-refractivity contribution in [3.63, 3.8) is 0 Å². The normalized spacial score (nSPS) is 17.8. The van der Waals surface area contributed by atoms with Gasteiger partial charge in [0.05, 0.1) is 24.0 Å². The molecule has 0 N–H and O–H groups in total. The topological polar surface area (TPSA) is 26.5 Å². The first-order valence-corrected chi connectivity index (χ1v) is 10.1. The molecule has 3 aromatic rings. The van der Waals surface area contributed by atoms with Crippen LogP contribution in [-0.4, -0.2) is 17.3 Å². The molecule has 1 aromatic heterocycles. The zero-order chi connectivity index (χ0) is 17.9. The Labute approximate surface area is 158 Å². The molecule has 2 aromatic carbocycles. The Hall–Kier alpha value is -2.17. The third-order valence-corrected chi connectivity index (χ3v) is 5.65. The molecule has 0 aliphatic carbocycles. The molecule has 3 nitrogen and oxygen atoms in total. The van der Waals surface area contributed by atoms with Crippen LogP contribution in [0.3, 0.4) is 0 Å². The highest BCUT2D eigenvalue weighted by atomic mass is 32.1. The van der Waals surface area contributed by atoms with Gasteiger partial charge in [-0.15, -0.1) is 11.3 Å². The lowest BCUT2D eigenvalue weighted by Gasteiger charge is -2.14. The molecule has 2 heterocycles. The second kappa shape index (κ2) is 7.60. The fraction of sp³-hybridized carbons (Fsp3) is 0.318. The molecule has 1 atom stereocenters. The number of rotatable bonds is 4. The van der Waals surface area contributed by atoms with Crippen molar-refractivity contribution in [2.75, 3.05) is 6.61 Å². The number of aromatic nitrogens is 1. The van der Waals surface area contributed by atoms with Crippen molar-refractivity contribution in [2.24, 2.45) is 4.99 Å². The minimum Gasteiger partial charge on any atom is -0.376 e. The Balaban J connectivity index is 1.79. The number of hydrogen-bond acceptors (Lipinski definition) is 3. The summed E-state index contributed by atoms with van der Waals surface area (Å²) >= 11 is 1.70. The van der Waals surface area contributed by atoms with Crippen LogP contribution in [0.4, 0.5) is 5.69 Å². The molecule has 0 bridgehead atoms. The smallest absolute Gasteiger partial charge is 0.190 e. The second-order valence-electron chi connectivity index (χ2n) is 6.97. The SMILES string of the molecule is Cc1ccc(-c2csc(=Nc3cccc(C)c3)n2CC2CCCO2)cc1. The quantitative estimate of drug-likeness (QED) is 0.621. The lowest BCUT2D eigenvalue weighted by atomic mass is 10.1. The summed E-state index contributed by atoms with van der Waals surface area (Å²) in [6.07, 6.45) is 2.56. The van der Waals surface area contributed by atoms with Crippen LogP contribution in [0.15, 0.2) is 58.9 Å². The summed E-state index contributed by atoms with van der Waals surface area (Å²) in [5.41, 5.74) is 5.96. The molecule has 0 radical (unpaired) electrons. The van der Waals surface area contributed by atoms with Gasteiger partial charge in [0.1, 0.15) is 0 Å². The Kier molecular flexibility index (Phi) is 5.05. The van der Waals surface area contributed by atoms with Crippen molar-refractivity contribution in [3.05, 3.63) is 69.8 Å². The third-order valence-electron chi connectivity index (χ3n) is 4.78. The molecule has 1 fully saturated rings. The van der Waals surface area contributed by atoms with Gasteiger partial charge in [-0.1, -0.05) is 42.0 Å². The van der Waals surface area contributed by atoms with E-state index >= 15 is 0 Å². The minimum absolute atomic E-state index is 0.283. The molecule has 1 aliphatic rings. The Morgan fingerprint density at radius 2 is 1.96 bits per heavy atom. The highest BCUT2D eigenvalue weighted by Gasteiger charge is 2.19.